The molecule has 25 heavy (non-hydrogen) atoms. The van der Waals surface area contributed by atoms with Crippen LogP contribution in [0.5, 0.6) is 0 Å². The molecular formula is C18H16O6S. The van der Waals surface area contributed by atoms with Crippen LogP contribution in [0.3, 0.4) is 0 Å². The summed E-state index contributed by atoms with van der Waals surface area (Å²) < 4.78 is 4.92. The first-order valence-electron chi connectivity index (χ1n) is 7.43. The van der Waals surface area contributed by atoms with Crippen molar-refractivity contribution in [2.75, 3.05) is 6.61 Å². The summed E-state index contributed by atoms with van der Waals surface area (Å²) in [6.45, 7) is 2.04. The minimum Gasteiger partial charge on any atom is -0.481 e. The fraction of sp³-hybridized carbons (Fsp3) is 0.167. The van der Waals surface area contributed by atoms with Crippen LogP contribution in [0, 0.1) is 0 Å². The molecule has 0 aliphatic rings. The molecule has 0 atom stereocenters. The van der Waals surface area contributed by atoms with E-state index in [1.54, 1.807) is 43.3 Å². The zero-order valence-electron chi connectivity index (χ0n) is 13.4. The highest BCUT2D eigenvalue weighted by atomic mass is 32.2. The molecule has 2 aromatic rings. The van der Waals surface area contributed by atoms with Gasteiger partial charge in [0.1, 0.15) is 0 Å². The number of esters is 1. The summed E-state index contributed by atoms with van der Waals surface area (Å²) in [6.07, 6.45) is -0.363. The highest BCUT2D eigenvalue weighted by Gasteiger charge is 2.14. The molecule has 0 aliphatic heterocycles. The van der Waals surface area contributed by atoms with Crippen molar-refractivity contribution in [2.24, 2.45) is 0 Å². The Labute approximate surface area is 148 Å². The topological polar surface area (TPSA) is 101 Å². The lowest BCUT2D eigenvalue weighted by Crippen LogP contribution is -2.07. The Kier molecular flexibility index (Phi) is 6.19. The van der Waals surface area contributed by atoms with Crippen molar-refractivity contribution in [3.63, 3.8) is 0 Å². The summed E-state index contributed by atoms with van der Waals surface area (Å²) in [6, 6.07) is 11.4. The van der Waals surface area contributed by atoms with Crippen LogP contribution in [0.2, 0.25) is 0 Å². The van der Waals surface area contributed by atoms with Crippen molar-refractivity contribution < 1.29 is 29.3 Å². The van der Waals surface area contributed by atoms with Crippen molar-refractivity contribution in [1.82, 2.24) is 0 Å². The van der Waals surface area contributed by atoms with Gasteiger partial charge in [0.05, 0.1) is 24.2 Å². The minimum atomic E-state index is -1.16. The molecule has 2 aromatic carbocycles. The summed E-state index contributed by atoms with van der Waals surface area (Å²) in [5, 5.41) is 18.1. The molecule has 0 bridgehead atoms. The summed E-state index contributed by atoms with van der Waals surface area (Å²) in [7, 11) is 0. The number of carboxylic acid groups (broad SMARTS) is 2. The van der Waals surface area contributed by atoms with E-state index in [1.165, 1.54) is 17.8 Å². The number of aromatic carboxylic acids is 1. The summed E-state index contributed by atoms with van der Waals surface area (Å²) in [5.41, 5.74) is 0.663. The number of carbonyl (C=O) groups is 3. The average Bonchev–Trinajstić information content (AvgIpc) is 2.55. The maximum atomic E-state index is 11.6. The van der Waals surface area contributed by atoms with Gasteiger partial charge in [0, 0.05) is 9.79 Å². The standard InChI is InChI=1S/C18H16O6S/c1-2-24-18(23)11-3-5-13(6-4-11)25-14-7-8-15(17(21)22)12(9-14)10-16(19)20/h3-9H,2,10H2,1H3,(H,19,20)(H,21,22). The fourth-order valence-electron chi connectivity index (χ4n) is 2.16. The molecule has 2 N–H and O–H groups in total. The van der Waals surface area contributed by atoms with Gasteiger partial charge in [0.25, 0.3) is 0 Å². The molecule has 0 heterocycles. The lowest BCUT2D eigenvalue weighted by atomic mass is 10.1. The van der Waals surface area contributed by atoms with Gasteiger partial charge in [-0.05, 0) is 55.0 Å². The quantitative estimate of drug-likeness (QED) is 0.730. The Bertz CT molecular complexity index is 798. The Morgan fingerprint density at radius 3 is 2.20 bits per heavy atom. The van der Waals surface area contributed by atoms with Crippen molar-refractivity contribution in [1.29, 1.82) is 0 Å². The third-order valence-corrected chi connectivity index (χ3v) is 4.25. The number of aliphatic carboxylic acids is 1. The molecular weight excluding hydrogens is 344 g/mol. The second-order valence-electron chi connectivity index (χ2n) is 5.04. The Morgan fingerprint density at radius 1 is 1.00 bits per heavy atom. The van der Waals surface area contributed by atoms with E-state index in [0.29, 0.717) is 17.1 Å². The number of hydrogen-bond acceptors (Lipinski definition) is 5. The van der Waals surface area contributed by atoms with Gasteiger partial charge >= 0.3 is 17.9 Å². The lowest BCUT2D eigenvalue weighted by molar-refractivity contribution is -0.136. The van der Waals surface area contributed by atoms with Crippen LogP contribution in [0.1, 0.15) is 33.2 Å². The fourth-order valence-corrected chi connectivity index (χ4v) is 3.04. The maximum absolute atomic E-state index is 11.6. The van der Waals surface area contributed by atoms with Gasteiger partial charge in [-0.25, -0.2) is 9.59 Å². The smallest absolute Gasteiger partial charge is 0.338 e. The molecule has 0 aliphatic carbocycles. The molecule has 2 rings (SSSR count). The van der Waals surface area contributed by atoms with Crippen molar-refractivity contribution in [3.8, 4) is 0 Å². The zero-order chi connectivity index (χ0) is 18.4. The average molecular weight is 360 g/mol. The molecule has 130 valence electrons. The molecule has 0 amide bonds. The maximum Gasteiger partial charge on any atom is 0.338 e. The SMILES string of the molecule is CCOC(=O)c1ccc(Sc2ccc(C(=O)O)c(CC(=O)O)c2)cc1. The molecule has 0 aromatic heterocycles. The first-order valence-corrected chi connectivity index (χ1v) is 8.25. The second-order valence-corrected chi connectivity index (χ2v) is 6.19. The number of benzene rings is 2. The Balaban J connectivity index is 2.20. The zero-order valence-corrected chi connectivity index (χ0v) is 14.2. The Morgan fingerprint density at radius 2 is 1.64 bits per heavy atom. The number of ether oxygens (including phenoxy) is 1. The van der Waals surface area contributed by atoms with Gasteiger partial charge in [-0.2, -0.15) is 0 Å². The van der Waals surface area contributed by atoms with Gasteiger partial charge in [0.2, 0.25) is 0 Å². The molecule has 0 saturated carbocycles. The second kappa shape index (κ2) is 8.34. The van der Waals surface area contributed by atoms with E-state index in [4.69, 9.17) is 14.9 Å². The summed E-state index contributed by atoms with van der Waals surface area (Å²) in [5.74, 6) is -2.65. The third-order valence-electron chi connectivity index (χ3n) is 3.25. The first-order chi connectivity index (χ1) is 11.9. The normalized spacial score (nSPS) is 10.3. The van der Waals surface area contributed by atoms with Crippen LogP contribution in [-0.2, 0) is 16.0 Å². The van der Waals surface area contributed by atoms with Crippen molar-refractivity contribution in [2.45, 2.75) is 23.1 Å². The number of carboxylic acids is 2. The minimum absolute atomic E-state index is 0.0237. The lowest BCUT2D eigenvalue weighted by Gasteiger charge is -2.08. The van der Waals surface area contributed by atoms with Crippen LogP contribution >= 0.6 is 11.8 Å². The van der Waals surface area contributed by atoms with Gasteiger partial charge < -0.3 is 14.9 Å². The monoisotopic (exact) mass is 360 g/mol. The van der Waals surface area contributed by atoms with Crippen LogP contribution in [-0.4, -0.2) is 34.7 Å². The molecule has 0 radical (unpaired) electrons. The Hall–Kier alpha value is -2.80. The molecule has 0 saturated heterocycles. The largest absolute Gasteiger partial charge is 0.481 e. The molecule has 7 heteroatoms. The molecule has 0 fully saturated rings. The van der Waals surface area contributed by atoms with Gasteiger partial charge in [-0.1, -0.05) is 11.8 Å². The number of carbonyl (C=O) groups excluding carboxylic acids is 1. The molecule has 0 unspecified atom stereocenters. The molecule has 6 nitrogen and oxygen atoms in total. The van der Waals surface area contributed by atoms with Crippen LogP contribution < -0.4 is 0 Å². The van der Waals surface area contributed by atoms with Gasteiger partial charge in [0.15, 0.2) is 0 Å². The highest BCUT2D eigenvalue weighted by Crippen LogP contribution is 2.30. The highest BCUT2D eigenvalue weighted by molar-refractivity contribution is 7.99. The summed E-state index contributed by atoms with van der Waals surface area (Å²) in [4.78, 5) is 35.3. The summed E-state index contributed by atoms with van der Waals surface area (Å²) >= 11 is 1.35. The number of rotatable bonds is 7. The van der Waals surface area contributed by atoms with E-state index in [1.807, 2.05) is 0 Å². The van der Waals surface area contributed by atoms with Crippen LogP contribution in [0.25, 0.3) is 0 Å². The predicted octanol–water partition coefficient (Wildman–Crippen LogP) is 3.34. The van der Waals surface area contributed by atoms with E-state index in [2.05, 4.69) is 0 Å². The van der Waals surface area contributed by atoms with Crippen LogP contribution in [0.4, 0.5) is 0 Å². The number of hydrogen-bond donors (Lipinski definition) is 2. The third kappa shape index (κ3) is 5.09. The predicted molar refractivity (Wildman–Crippen MR) is 91.3 cm³/mol. The van der Waals surface area contributed by atoms with E-state index in [-0.39, 0.29) is 17.5 Å². The van der Waals surface area contributed by atoms with Crippen LogP contribution in [0.15, 0.2) is 52.3 Å². The van der Waals surface area contributed by atoms with E-state index < -0.39 is 17.9 Å². The van der Waals surface area contributed by atoms with E-state index >= 15 is 0 Å². The van der Waals surface area contributed by atoms with Crippen molar-refractivity contribution >= 4 is 29.7 Å². The first kappa shape index (κ1) is 18.5. The van der Waals surface area contributed by atoms with Gasteiger partial charge in [-0.15, -0.1) is 0 Å². The van der Waals surface area contributed by atoms with Gasteiger partial charge in [-0.3, -0.25) is 4.79 Å². The molecule has 0 spiro atoms. The van der Waals surface area contributed by atoms with E-state index in [9.17, 15) is 14.4 Å². The van der Waals surface area contributed by atoms with Crippen molar-refractivity contribution in [3.05, 3.63) is 59.2 Å². The van der Waals surface area contributed by atoms with E-state index in [0.717, 1.165) is 4.90 Å².